The third-order valence-corrected chi connectivity index (χ3v) is 2.52. The van der Waals surface area contributed by atoms with E-state index in [0.29, 0.717) is 30.9 Å². The molecule has 18 heavy (non-hydrogen) atoms. The molecule has 0 radical (unpaired) electrons. The molecule has 0 aliphatic carbocycles. The molecule has 1 aromatic carbocycles. The van der Waals surface area contributed by atoms with E-state index in [-0.39, 0.29) is 12.5 Å². The summed E-state index contributed by atoms with van der Waals surface area (Å²) in [6.07, 6.45) is 1.10. The molecule has 0 fully saturated rings. The van der Waals surface area contributed by atoms with Gasteiger partial charge in [0.05, 0.1) is 20.3 Å². The molecule has 2 N–H and O–H groups in total. The van der Waals surface area contributed by atoms with Crippen molar-refractivity contribution in [2.75, 3.05) is 20.8 Å². The molecule has 5 heteroatoms. The summed E-state index contributed by atoms with van der Waals surface area (Å²) in [6.45, 7) is 0.398. The Balaban J connectivity index is 2.45. The quantitative estimate of drug-likeness (QED) is 0.714. The minimum atomic E-state index is -0.0693. The van der Waals surface area contributed by atoms with Crippen LogP contribution in [-0.2, 0) is 11.4 Å². The largest absolute Gasteiger partial charge is 0.496 e. The number of carbonyl (C=O) groups excluding carboxylic acids is 1. The number of rotatable bonds is 7. The number of methoxy groups -OCH3 is 1. The molecule has 0 aromatic heterocycles. The number of aliphatic hydroxyl groups is 1. The van der Waals surface area contributed by atoms with Gasteiger partial charge in [-0.1, -0.05) is 0 Å². The fourth-order valence-corrected chi connectivity index (χ4v) is 1.49. The van der Waals surface area contributed by atoms with E-state index in [9.17, 15) is 4.79 Å². The zero-order chi connectivity index (χ0) is 13.4. The molecule has 0 atom stereocenters. The van der Waals surface area contributed by atoms with Crippen LogP contribution < -0.4 is 14.8 Å². The molecular weight excluding hydrogens is 234 g/mol. The molecule has 1 amide bonds. The predicted octanol–water partition coefficient (Wildman–Crippen LogP) is 1.09. The number of amides is 1. The first kappa shape index (κ1) is 14.3. The van der Waals surface area contributed by atoms with Gasteiger partial charge in [-0.05, 0) is 18.6 Å². The van der Waals surface area contributed by atoms with Gasteiger partial charge in [0.15, 0.2) is 0 Å². The number of nitrogens with one attached hydrogen (secondary N) is 1. The molecule has 0 saturated carbocycles. The van der Waals surface area contributed by atoms with Crippen LogP contribution in [0.3, 0.4) is 0 Å². The summed E-state index contributed by atoms with van der Waals surface area (Å²) < 4.78 is 10.6. The maximum absolute atomic E-state index is 11.0. The van der Waals surface area contributed by atoms with Gasteiger partial charge in [-0.25, -0.2) is 0 Å². The molecule has 5 nitrogen and oxygen atoms in total. The Bertz CT molecular complexity index is 393. The number of hydrogen-bond acceptors (Lipinski definition) is 4. The van der Waals surface area contributed by atoms with Crippen LogP contribution in [0.25, 0.3) is 0 Å². The van der Waals surface area contributed by atoms with Crippen molar-refractivity contribution in [3.63, 3.8) is 0 Å². The normalized spacial score (nSPS) is 9.94. The number of hydrogen-bond donors (Lipinski definition) is 2. The maximum atomic E-state index is 11.0. The second kappa shape index (κ2) is 7.55. The van der Waals surface area contributed by atoms with E-state index in [4.69, 9.17) is 14.6 Å². The maximum Gasteiger partial charge on any atom is 0.219 e. The minimum Gasteiger partial charge on any atom is -0.496 e. The van der Waals surface area contributed by atoms with Gasteiger partial charge in [-0.15, -0.1) is 0 Å². The average molecular weight is 253 g/mol. The van der Waals surface area contributed by atoms with Gasteiger partial charge in [-0.3, -0.25) is 4.79 Å². The van der Waals surface area contributed by atoms with Gasteiger partial charge in [0.2, 0.25) is 5.91 Å². The Morgan fingerprint density at radius 3 is 2.83 bits per heavy atom. The third-order valence-electron chi connectivity index (χ3n) is 2.52. The zero-order valence-electron chi connectivity index (χ0n) is 10.7. The highest BCUT2D eigenvalue weighted by atomic mass is 16.5. The van der Waals surface area contributed by atoms with Crippen LogP contribution in [0.5, 0.6) is 11.5 Å². The highest BCUT2D eigenvalue weighted by Gasteiger charge is 2.04. The Hall–Kier alpha value is -1.75. The van der Waals surface area contributed by atoms with Gasteiger partial charge < -0.3 is 19.9 Å². The fourth-order valence-electron chi connectivity index (χ4n) is 1.49. The van der Waals surface area contributed by atoms with Crippen molar-refractivity contribution in [1.29, 1.82) is 0 Å². The van der Waals surface area contributed by atoms with Crippen LogP contribution in [0, 0.1) is 0 Å². The molecule has 0 aliphatic rings. The van der Waals surface area contributed by atoms with Crippen LogP contribution in [-0.4, -0.2) is 31.8 Å². The summed E-state index contributed by atoms with van der Waals surface area (Å²) in [5.41, 5.74) is 0.718. The SMILES string of the molecule is CNC(=O)CCCOc1ccc(CO)c(OC)c1. The smallest absolute Gasteiger partial charge is 0.219 e. The first-order valence-electron chi connectivity index (χ1n) is 5.82. The molecule has 0 spiro atoms. The Morgan fingerprint density at radius 1 is 1.44 bits per heavy atom. The second-order valence-corrected chi connectivity index (χ2v) is 3.76. The lowest BCUT2D eigenvalue weighted by Gasteiger charge is -2.10. The lowest BCUT2D eigenvalue weighted by Crippen LogP contribution is -2.18. The zero-order valence-corrected chi connectivity index (χ0v) is 10.7. The summed E-state index contributed by atoms with van der Waals surface area (Å²) in [4.78, 5) is 11.0. The number of carbonyl (C=O) groups is 1. The number of ether oxygens (including phenoxy) is 2. The van der Waals surface area contributed by atoms with E-state index in [2.05, 4.69) is 5.32 Å². The first-order chi connectivity index (χ1) is 8.71. The van der Waals surface area contributed by atoms with Crippen molar-refractivity contribution >= 4 is 5.91 Å². The van der Waals surface area contributed by atoms with Crippen molar-refractivity contribution in [2.24, 2.45) is 0 Å². The lowest BCUT2D eigenvalue weighted by atomic mass is 10.2. The minimum absolute atomic E-state index is 0.00630. The van der Waals surface area contributed by atoms with Crippen LogP contribution in [0.1, 0.15) is 18.4 Å². The van der Waals surface area contributed by atoms with E-state index in [1.54, 1.807) is 32.4 Å². The summed E-state index contributed by atoms with van der Waals surface area (Å²) in [6, 6.07) is 5.26. The number of aliphatic hydroxyl groups excluding tert-OH is 1. The first-order valence-corrected chi connectivity index (χ1v) is 5.82. The van der Waals surface area contributed by atoms with E-state index in [1.165, 1.54) is 0 Å². The van der Waals surface area contributed by atoms with Crippen molar-refractivity contribution in [3.05, 3.63) is 23.8 Å². The molecule has 100 valence electrons. The van der Waals surface area contributed by atoms with Crippen molar-refractivity contribution in [1.82, 2.24) is 5.32 Å². The van der Waals surface area contributed by atoms with E-state index in [0.717, 1.165) is 5.56 Å². The highest BCUT2D eigenvalue weighted by Crippen LogP contribution is 2.24. The van der Waals surface area contributed by atoms with Gasteiger partial charge in [0.1, 0.15) is 11.5 Å². The van der Waals surface area contributed by atoms with Crippen LogP contribution >= 0.6 is 0 Å². The van der Waals surface area contributed by atoms with Gasteiger partial charge in [-0.2, -0.15) is 0 Å². The van der Waals surface area contributed by atoms with Crippen molar-refractivity contribution in [2.45, 2.75) is 19.4 Å². The number of benzene rings is 1. The van der Waals surface area contributed by atoms with E-state index in [1.807, 2.05) is 0 Å². The molecule has 0 heterocycles. The molecule has 0 saturated heterocycles. The standard InChI is InChI=1S/C13H19NO4/c1-14-13(16)4-3-7-18-11-6-5-10(9-15)12(8-11)17-2/h5-6,8,15H,3-4,7,9H2,1-2H3,(H,14,16). The topological polar surface area (TPSA) is 67.8 Å². The third kappa shape index (κ3) is 4.25. The average Bonchev–Trinajstić information content (AvgIpc) is 2.42. The molecule has 1 aromatic rings. The Labute approximate surface area is 107 Å². The van der Waals surface area contributed by atoms with Crippen molar-refractivity contribution in [3.8, 4) is 11.5 Å². The molecule has 0 bridgehead atoms. The van der Waals surface area contributed by atoms with Crippen LogP contribution in [0.2, 0.25) is 0 Å². The monoisotopic (exact) mass is 253 g/mol. The molecule has 0 unspecified atom stereocenters. The van der Waals surface area contributed by atoms with Crippen LogP contribution in [0.15, 0.2) is 18.2 Å². The fraction of sp³-hybridized carbons (Fsp3) is 0.462. The van der Waals surface area contributed by atoms with Gasteiger partial charge in [0.25, 0.3) is 0 Å². The van der Waals surface area contributed by atoms with Gasteiger partial charge >= 0.3 is 0 Å². The Morgan fingerprint density at radius 2 is 2.22 bits per heavy atom. The summed E-state index contributed by atoms with van der Waals surface area (Å²) in [7, 11) is 3.16. The summed E-state index contributed by atoms with van der Waals surface area (Å²) in [5, 5.41) is 11.6. The summed E-state index contributed by atoms with van der Waals surface area (Å²) in [5.74, 6) is 1.27. The molecule has 1 rings (SSSR count). The highest BCUT2D eigenvalue weighted by molar-refractivity contribution is 5.75. The van der Waals surface area contributed by atoms with E-state index >= 15 is 0 Å². The second-order valence-electron chi connectivity index (χ2n) is 3.76. The van der Waals surface area contributed by atoms with E-state index < -0.39 is 0 Å². The molecular formula is C13H19NO4. The predicted molar refractivity (Wildman–Crippen MR) is 67.7 cm³/mol. The molecule has 0 aliphatic heterocycles. The summed E-state index contributed by atoms with van der Waals surface area (Å²) >= 11 is 0. The van der Waals surface area contributed by atoms with Crippen LogP contribution in [0.4, 0.5) is 0 Å². The lowest BCUT2D eigenvalue weighted by molar-refractivity contribution is -0.120. The van der Waals surface area contributed by atoms with Crippen molar-refractivity contribution < 1.29 is 19.4 Å². The van der Waals surface area contributed by atoms with Gasteiger partial charge in [0, 0.05) is 25.1 Å². The Kier molecular flexibility index (Phi) is 6.00.